The van der Waals surface area contributed by atoms with Crippen LogP contribution in [0.1, 0.15) is 24.8 Å². The number of halogens is 4. The molecule has 122 valence electrons. The van der Waals surface area contributed by atoms with Crippen molar-refractivity contribution in [3.63, 3.8) is 0 Å². The monoisotopic (exact) mass is 336 g/mol. The van der Waals surface area contributed by atoms with Crippen molar-refractivity contribution >= 4 is 23.4 Å². The Labute approximate surface area is 130 Å². The first kappa shape index (κ1) is 16.7. The lowest BCUT2D eigenvalue weighted by Crippen LogP contribution is -2.48. The molecule has 1 aromatic heterocycles. The van der Waals surface area contributed by atoms with E-state index in [1.165, 1.54) is 0 Å². The minimum absolute atomic E-state index is 0.0548. The first-order valence-corrected chi connectivity index (χ1v) is 7.19. The fraction of sp³-hybridized carbons (Fsp3) is 0.538. The smallest absolute Gasteiger partial charge is 0.352 e. The van der Waals surface area contributed by atoms with Crippen LogP contribution >= 0.6 is 11.6 Å². The molecule has 0 radical (unpaired) electrons. The quantitative estimate of drug-likeness (QED) is 0.891. The number of hydrogen-bond donors (Lipinski definition) is 2. The number of anilines is 1. The average molecular weight is 337 g/mol. The number of aromatic nitrogens is 1. The van der Waals surface area contributed by atoms with E-state index in [0.29, 0.717) is 18.9 Å². The van der Waals surface area contributed by atoms with Gasteiger partial charge in [-0.3, -0.25) is 0 Å². The summed E-state index contributed by atoms with van der Waals surface area (Å²) < 4.78 is 38.0. The molecule has 1 aliphatic rings. The van der Waals surface area contributed by atoms with Crippen LogP contribution < -0.4 is 16.0 Å². The zero-order chi connectivity index (χ0) is 16.3. The Morgan fingerprint density at radius 1 is 1.50 bits per heavy atom. The molecule has 0 bridgehead atoms. The number of primary amides is 1. The van der Waals surface area contributed by atoms with Crippen molar-refractivity contribution in [2.45, 2.75) is 31.5 Å². The van der Waals surface area contributed by atoms with E-state index < -0.39 is 17.8 Å². The number of amides is 2. The number of pyridine rings is 1. The van der Waals surface area contributed by atoms with Gasteiger partial charge in [-0.05, 0) is 25.3 Å². The summed E-state index contributed by atoms with van der Waals surface area (Å²) in [5.41, 5.74) is 4.17. The molecule has 1 saturated heterocycles. The predicted octanol–water partition coefficient (Wildman–Crippen LogP) is 2.78. The van der Waals surface area contributed by atoms with E-state index in [2.05, 4.69) is 10.3 Å². The van der Waals surface area contributed by atoms with Crippen molar-refractivity contribution in [3.8, 4) is 0 Å². The Morgan fingerprint density at radius 2 is 2.23 bits per heavy atom. The van der Waals surface area contributed by atoms with Crippen molar-refractivity contribution in [3.05, 3.63) is 22.8 Å². The van der Waals surface area contributed by atoms with Gasteiger partial charge in [-0.25, -0.2) is 9.78 Å². The second-order valence-corrected chi connectivity index (χ2v) is 5.52. The third-order valence-electron chi connectivity index (χ3n) is 3.56. The maximum Gasteiger partial charge on any atom is 0.417 e. The summed E-state index contributed by atoms with van der Waals surface area (Å²) in [7, 11) is 0. The van der Waals surface area contributed by atoms with E-state index >= 15 is 0 Å². The predicted molar refractivity (Wildman–Crippen MR) is 76.8 cm³/mol. The topological polar surface area (TPSA) is 71.2 Å². The minimum atomic E-state index is -4.48. The highest BCUT2D eigenvalue weighted by molar-refractivity contribution is 6.33. The highest BCUT2D eigenvalue weighted by atomic mass is 35.5. The van der Waals surface area contributed by atoms with Crippen molar-refractivity contribution in [1.82, 2.24) is 10.3 Å². The van der Waals surface area contributed by atoms with E-state index in [0.717, 1.165) is 31.5 Å². The fourth-order valence-corrected chi connectivity index (χ4v) is 2.78. The van der Waals surface area contributed by atoms with E-state index in [1.807, 2.05) is 4.90 Å². The van der Waals surface area contributed by atoms with Crippen LogP contribution in [-0.2, 0) is 6.18 Å². The molecule has 0 spiro atoms. The molecule has 2 rings (SSSR count). The number of rotatable bonds is 3. The zero-order valence-electron chi connectivity index (χ0n) is 11.7. The number of urea groups is 1. The Kier molecular flexibility index (Phi) is 5.00. The number of piperidine rings is 1. The van der Waals surface area contributed by atoms with Crippen LogP contribution in [0.15, 0.2) is 12.3 Å². The van der Waals surface area contributed by atoms with Crippen LogP contribution in [0, 0.1) is 0 Å². The molecule has 5 nitrogen and oxygen atoms in total. The molecule has 0 saturated carbocycles. The Morgan fingerprint density at radius 3 is 2.82 bits per heavy atom. The summed E-state index contributed by atoms with van der Waals surface area (Å²) in [4.78, 5) is 16.5. The molecule has 2 amide bonds. The fourth-order valence-electron chi connectivity index (χ4n) is 2.51. The number of nitrogens with zero attached hydrogens (tertiary/aromatic N) is 2. The van der Waals surface area contributed by atoms with Gasteiger partial charge in [0.25, 0.3) is 0 Å². The van der Waals surface area contributed by atoms with Crippen LogP contribution in [0.3, 0.4) is 0 Å². The van der Waals surface area contributed by atoms with Crippen LogP contribution in [0.5, 0.6) is 0 Å². The van der Waals surface area contributed by atoms with Gasteiger partial charge in [0.2, 0.25) is 0 Å². The molecule has 1 aliphatic heterocycles. The summed E-state index contributed by atoms with van der Waals surface area (Å²) in [6.07, 6.45) is -1.09. The summed E-state index contributed by atoms with van der Waals surface area (Å²) >= 11 is 5.98. The van der Waals surface area contributed by atoms with Gasteiger partial charge in [0.15, 0.2) is 0 Å². The van der Waals surface area contributed by atoms with E-state index in [9.17, 15) is 18.0 Å². The molecule has 1 unspecified atom stereocenters. The van der Waals surface area contributed by atoms with Gasteiger partial charge < -0.3 is 16.0 Å². The minimum Gasteiger partial charge on any atom is -0.352 e. The van der Waals surface area contributed by atoms with Gasteiger partial charge in [-0.2, -0.15) is 13.2 Å². The highest BCUT2D eigenvalue weighted by Crippen LogP contribution is 2.35. The molecule has 9 heteroatoms. The Balaban J connectivity index is 2.22. The van der Waals surface area contributed by atoms with E-state index in [4.69, 9.17) is 17.3 Å². The van der Waals surface area contributed by atoms with Gasteiger partial charge in [0, 0.05) is 25.3 Å². The lowest BCUT2D eigenvalue weighted by molar-refractivity contribution is -0.137. The van der Waals surface area contributed by atoms with E-state index in [-0.39, 0.29) is 11.1 Å². The average Bonchev–Trinajstić information content (AvgIpc) is 2.44. The molecule has 1 fully saturated rings. The molecule has 22 heavy (non-hydrogen) atoms. The van der Waals surface area contributed by atoms with Gasteiger partial charge in [0.1, 0.15) is 5.82 Å². The number of nitrogens with two attached hydrogens (primary N) is 1. The van der Waals surface area contributed by atoms with Crippen LogP contribution in [0.25, 0.3) is 0 Å². The van der Waals surface area contributed by atoms with Gasteiger partial charge in [-0.1, -0.05) is 11.6 Å². The number of hydrogen-bond acceptors (Lipinski definition) is 3. The third-order valence-corrected chi connectivity index (χ3v) is 3.84. The third kappa shape index (κ3) is 3.94. The normalized spacial score (nSPS) is 19.1. The summed E-state index contributed by atoms with van der Waals surface area (Å²) in [5.74, 6) is 0.297. The molecule has 3 N–H and O–H groups in total. The standard InChI is InChI=1S/C13H16ClF3N4O/c14-10-5-8(13(15,16)17)6-19-11(10)21-4-2-1-3-9(21)7-20-12(18)22/h5-6,9H,1-4,7H2,(H3,18,20,22). The highest BCUT2D eigenvalue weighted by Gasteiger charge is 2.33. The number of carbonyl (C=O) groups is 1. The van der Waals surface area contributed by atoms with Crippen molar-refractivity contribution < 1.29 is 18.0 Å². The Hall–Kier alpha value is -1.70. The SMILES string of the molecule is NC(=O)NCC1CCCCN1c1ncc(C(F)(F)F)cc1Cl. The molecule has 1 atom stereocenters. The maximum absolute atomic E-state index is 12.7. The zero-order valence-corrected chi connectivity index (χ0v) is 12.4. The molecule has 0 aliphatic carbocycles. The second-order valence-electron chi connectivity index (χ2n) is 5.12. The maximum atomic E-state index is 12.7. The largest absolute Gasteiger partial charge is 0.417 e. The number of carbonyl (C=O) groups excluding carboxylic acids is 1. The van der Waals surface area contributed by atoms with Crippen LogP contribution in [0.2, 0.25) is 5.02 Å². The second kappa shape index (κ2) is 6.60. The first-order chi connectivity index (χ1) is 10.3. The first-order valence-electron chi connectivity index (χ1n) is 6.81. The van der Waals surface area contributed by atoms with E-state index in [1.54, 1.807) is 0 Å². The molecule has 1 aromatic rings. The number of alkyl halides is 3. The van der Waals surface area contributed by atoms with Gasteiger partial charge >= 0.3 is 12.2 Å². The van der Waals surface area contributed by atoms with Crippen molar-refractivity contribution in [1.29, 1.82) is 0 Å². The molecule has 0 aromatic carbocycles. The van der Waals surface area contributed by atoms with Crippen LogP contribution in [-0.4, -0.2) is 30.1 Å². The summed E-state index contributed by atoms with van der Waals surface area (Å²) in [6, 6.07) is 0.136. The number of nitrogens with one attached hydrogen (secondary N) is 1. The molecule has 2 heterocycles. The lowest BCUT2D eigenvalue weighted by Gasteiger charge is -2.37. The summed E-state index contributed by atoms with van der Waals surface area (Å²) in [6.45, 7) is 0.914. The lowest BCUT2D eigenvalue weighted by atomic mass is 10.0. The van der Waals surface area contributed by atoms with Crippen molar-refractivity contribution in [2.75, 3.05) is 18.0 Å². The van der Waals surface area contributed by atoms with Crippen molar-refractivity contribution in [2.24, 2.45) is 5.73 Å². The van der Waals surface area contributed by atoms with Gasteiger partial charge in [-0.15, -0.1) is 0 Å². The molecular weight excluding hydrogens is 321 g/mol. The van der Waals surface area contributed by atoms with Gasteiger partial charge in [0.05, 0.1) is 10.6 Å². The Bertz CT molecular complexity index is 553. The summed E-state index contributed by atoms with van der Waals surface area (Å²) in [5, 5.41) is 2.46. The molecular formula is C13H16ClF3N4O. The van der Waals surface area contributed by atoms with Crippen LogP contribution in [0.4, 0.5) is 23.8 Å².